The van der Waals surface area contributed by atoms with Crippen molar-refractivity contribution in [2.75, 3.05) is 17.2 Å². The predicted octanol–water partition coefficient (Wildman–Crippen LogP) is 7.11. The third-order valence-electron chi connectivity index (χ3n) is 6.51. The maximum absolute atomic E-state index is 5.00. The lowest BCUT2D eigenvalue weighted by Crippen LogP contribution is -2.15. The number of aryl methyl sites for hydroxylation is 2. The Morgan fingerprint density at radius 2 is 1.91 bits per heavy atom. The van der Waals surface area contributed by atoms with Crippen molar-refractivity contribution in [3.05, 3.63) is 99.9 Å². The molecule has 1 unspecified atom stereocenters. The molecule has 2 N–H and O–H groups in total. The quantitative estimate of drug-likeness (QED) is 0.471. The van der Waals surface area contributed by atoms with Gasteiger partial charge in [-0.2, -0.15) is 0 Å². The number of nitrogens with zero attached hydrogens (tertiary/aromatic N) is 1. The van der Waals surface area contributed by atoms with E-state index in [2.05, 4.69) is 105 Å². The van der Waals surface area contributed by atoms with Crippen LogP contribution in [0.3, 0.4) is 0 Å². The maximum atomic E-state index is 5.00. The van der Waals surface area contributed by atoms with Gasteiger partial charge in [-0.15, -0.1) is 0 Å². The molecule has 1 atom stereocenters. The number of hydrogen-bond acceptors (Lipinski definition) is 3. The van der Waals surface area contributed by atoms with Crippen LogP contribution in [0.25, 0.3) is 11.6 Å². The van der Waals surface area contributed by atoms with Gasteiger partial charge in [-0.05, 0) is 71.4 Å². The normalized spacial score (nSPS) is 16.7. The lowest BCUT2D eigenvalue weighted by atomic mass is 9.91. The first-order valence-corrected chi connectivity index (χ1v) is 11.7. The summed E-state index contributed by atoms with van der Waals surface area (Å²) in [5.74, 6) is 0.499. The van der Waals surface area contributed by atoms with E-state index in [0.717, 1.165) is 24.3 Å². The third kappa shape index (κ3) is 3.73. The maximum Gasteiger partial charge on any atom is 0.0873 e. The van der Waals surface area contributed by atoms with E-state index in [9.17, 15) is 0 Å². The molecule has 3 nitrogen and oxygen atoms in total. The van der Waals surface area contributed by atoms with E-state index >= 15 is 0 Å². The first kappa shape index (κ1) is 20.6. The van der Waals surface area contributed by atoms with Crippen LogP contribution in [-0.2, 0) is 6.42 Å². The zero-order valence-corrected chi connectivity index (χ0v) is 19.4. The highest BCUT2D eigenvalue weighted by Crippen LogP contribution is 2.37. The minimum atomic E-state index is 0.0988. The van der Waals surface area contributed by atoms with Gasteiger partial charge < -0.3 is 10.6 Å². The number of hydrogen-bond donors (Lipinski definition) is 2. The van der Waals surface area contributed by atoms with Gasteiger partial charge in [0.15, 0.2) is 0 Å². The number of fused-ring (bicyclic) bond motifs is 2. The molecule has 1 aromatic heterocycles. The van der Waals surface area contributed by atoms with Crippen molar-refractivity contribution in [1.82, 2.24) is 4.98 Å². The van der Waals surface area contributed by atoms with Gasteiger partial charge in [0.2, 0.25) is 0 Å². The number of anilines is 2. The highest BCUT2D eigenvalue weighted by Gasteiger charge is 2.20. The van der Waals surface area contributed by atoms with Crippen molar-refractivity contribution < 1.29 is 0 Å². The molecular weight excluding hydrogens is 390 g/mol. The van der Waals surface area contributed by atoms with Crippen molar-refractivity contribution >= 4 is 23.0 Å². The van der Waals surface area contributed by atoms with Crippen LogP contribution in [-0.4, -0.2) is 11.5 Å². The molecule has 2 aromatic carbocycles. The van der Waals surface area contributed by atoms with Gasteiger partial charge in [0, 0.05) is 29.2 Å². The fourth-order valence-electron chi connectivity index (χ4n) is 4.78. The second-order valence-corrected chi connectivity index (χ2v) is 9.11. The topological polar surface area (TPSA) is 37.0 Å². The van der Waals surface area contributed by atoms with Crippen LogP contribution in [0.4, 0.5) is 11.4 Å². The highest BCUT2D eigenvalue weighted by atomic mass is 15.0. The van der Waals surface area contributed by atoms with Crippen LogP contribution in [0, 0.1) is 6.92 Å². The molecule has 0 saturated heterocycles. The van der Waals surface area contributed by atoms with Crippen LogP contribution >= 0.6 is 0 Å². The molecule has 3 aromatic rings. The third-order valence-corrected chi connectivity index (χ3v) is 6.51. The van der Waals surface area contributed by atoms with E-state index in [-0.39, 0.29) is 6.04 Å². The summed E-state index contributed by atoms with van der Waals surface area (Å²) in [4.78, 5) is 5.00. The van der Waals surface area contributed by atoms with E-state index in [1.165, 1.54) is 44.8 Å². The molecule has 2 aliphatic rings. The van der Waals surface area contributed by atoms with Gasteiger partial charge in [0.25, 0.3) is 0 Å². The standard InChI is InChI=1S/C29H31N3/c1-5-25-22(18(2)3)10-13-28(31-25)27-12-8-21-17-20(7-11-26(21)32-27)23-14-15-30-29-16-19(4)6-9-24(23)29/h6-14,16-18,27,30,32H,5,15H2,1-4H3. The van der Waals surface area contributed by atoms with Crippen LogP contribution < -0.4 is 10.6 Å². The molecule has 0 fully saturated rings. The first-order chi connectivity index (χ1) is 15.5. The van der Waals surface area contributed by atoms with Gasteiger partial charge in [0.05, 0.1) is 11.7 Å². The number of nitrogens with one attached hydrogen (secondary N) is 2. The molecule has 0 radical (unpaired) electrons. The van der Waals surface area contributed by atoms with Crippen molar-refractivity contribution in [3.8, 4) is 0 Å². The molecule has 0 aliphatic carbocycles. The second kappa shape index (κ2) is 8.31. The molecule has 162 valence electrons. The first-order valence-electron chi connectivity index (χ1n) is 11.7. The average Bonchev–Trinajstić information content (AvgIpc) is 2.82. The Morgan fingerprint density at radius 3 is 2.72 bits per heavy atom. The van der Waals surface area contributed by atoms with E-state index < -0.39 is 0 Å². The highest BCUT2D eigenvalue weighted by molar-refractivity contribution is 5.90. The Balaban J connectivity index is 1.43. The second-order valence-electron chi connectivity index (χ2n) is 9.11. The number of pyridine rings is 1. The Morgan fingerprint density at radius 1 is 1.03 bits per heavy atom. The summed E-state index contributed by atoms with van der Waals surface area (Å²) in [5.41, 5.74) is 12.4. The monoisotopic (exact) mass is 421 g/mol. The van der Waals surface area contributed by atoms with Crippen LogP contribution in [0.2, 0.25) is 0 Å². The minimum absolute atomic E-state index is 0.0988. The Bertz CT molecular complexity index is 1230. The zero-order chi connectivity index (χ0) is 22.2. The van der Waals surface area contributed by atoms with Crippen LogP contribution in [0.1, 0.15) is 71.9 Å². The van der Waals surface area contributed by atoms with Crippen molar-refractivity contribution in [1.29, 1.82) is 0 Å². The van der Waals surface area contributed by atoms with E-state index in [0.29, 0.717) is 5.92 Å². The molecule has 0 bridgehead atoms. The molecule has 3 heteroatoms. The molecule has 0 amide bonds. The van der Waals surface area contributed by atoms with Gasteiger partial charge in [0.1, 0.15) is 0 Å². The lowest BCUT2D eigenvalue weighted by molar-refractivity contribution is 0.802. The summed E-state index contributed by atoms with van der Waals surface area (Å²) in [6.45, 7) is 9.66. The molecule has 5 rings (SSSR count). The lowest BCUT2D eigenvalue weighted by Gasteiger charge is -2.25. The fourth-order valence-corrected chi connectivity index (χ4v) is 4.78. The summed E-state index contributed by atoms with van der Waals surface area (Å²) < 4.78 is 0. The minimum Gasteiger partial charge on any atom is -0.381 e. The number of rotatable bonds is 4. The summed E-state index contributed by atoms with van der Waals surface area (Å²) in [5, 5.41) is 7.19. The van der Waals surface area contributed by atoms with E-state index in [1.807, 2.05) is 0 Å². The molecule has 0 spiro atoms. The number of benzene rings is 2. The molecule has 32 heavy (non-hydrogen) atoms. The summed E-state index contributed by atoms with van der Waals surface area (Å²) in [7, 11) is 0. The van der Waals surface area contributed by atoms with Gasteiger partial charge in [-0.25, -0.2) is 0 Å². The van der Waals surface area contributed by atoms with Crippen molar-refractivity contribution in [2.24, 2.45) is 0 Å². The zero-order valence-electron chi connectivity index (χ0n) is 19.4. The SMILES string of the molecule is CCc1nc(C2C=Cc3cc(C4=CCNc5cc(C)ccc54)ccc3N2)ccc1C(C)C. The fraction of sp³-hybridized carbons (Fsp3) is 0.276. The number of aromatic nitrogens is 1. The van der Waals surface area contributed by atoms with Crippen LogP contribution in [0.15, 0.2) is 60.7 Å². The van der Waals surface area contributed by atoms with E-state index in [4.69, 9.17) is 4.98 Å². The van der Waals surface area contributed by atoms with Gasteiger partial charge in [-0.1, -0.05) is 63.3 Å². The Kier molecular flexibility index (Phi) is 5.34. The smallest absolute Gasteiger partial charge is 0.0873 e. The predicted molar refractivity (Wildman–Crippen MR) is 136 cm³/mol. The summed E-state index contributed by atoms with van der Waals surface area (Å²) in [6.07, 6.45) is 7.72. The molecule has 2 aliphatic heterocycles. The van der Waals surface area contributed by atoms with Crippen molar-refractivity contribution in [2.45, 2.75) is 46.1 Å². The Hall–Kier alpha value is -3.33. The van der Waals surface area contributed by atoms with Crippen molar-refractivity contribution in [3.63, 3.8) is 0 Å². The summed E-state index contributed by atoms with van der Waals surface area (Å²) >= 11 is 0. The Labute approximate surface area is 191 Å². The molecule has 0 saturated carbocycles. The van der Waals surface area contributed by atoms with Gasteiger partial charge in [-0.3, -0.25) is 4.98 Å². The van der Waals surface area contributed by atoms with Gasteiger partial charge >= 0.3 is 0 Å². The van der Waals surface area contributed by atoms with E-state index in [1.54, 1.807) is 0 Å². The summed E-state index contributed by atoms with van der Waals surface area (Å²) in [6, 6.07) is 17.9. The van der Waals surface area contributed by atoms with Crippen LogP contribution in [0.5, 0.6) is 0 Å². The molecular formula is C29H31N3. The average molecular weight is 422 g/mol. The molecule has 3 heterocycles. The largest absolute Gasteiger partial charge is 0.381 e.